The van der Waals surface area contributed by atoms with E-state index in [1.807, 2.05) is 48.1 Å². The average Bonchev–Trinajstić information content (AvgIpc) is 3.26. The summed E-state index contributed by atoms with van der Waals surface area (Å²) in [5, 5.41) is 3.61. The number of imidazole rings is 1. The molecule has 39 heavy (non-hydrogen) atoms. The van der Waals surface area contributed by atoms with Crippen LogP contribution in [0.25, 0.3) is 11.3 Å². The maximum Gasteiger partial charge on any atom is 0.243 e. The molecule has 0 spiro atoms. The lowest BCUT2D eigenvalue weighted by atomic mass is 9.79. The number of aryl methyl sites for hydroxylation is 1. The maximum atomic E-state index is 13.6. The molecular weight excluding hydrogens is 508 g/mol. The zero-order valence-electron chi connectivity index (χ0n) is 22.8. The van der Waals surface area contributed by atoms with Crippen LogP contribution in [-0.4, -0.2) is 42.5 Å². The monoisotopic (exact) mass is 544 g/mol. The third-order valence-corrected chi connectivity index (χ3v) is 9.45. The number of rotatable bonds is 9. The van der Waals surface area contributed by atoms with Gasteiger partial charge in [0.15, 0.2) is 0 Å². The Morgan fingerprint density at radius 1 is 1.18 bits per heavy atom. The van der Waals surface area contributed by atoms with Crippen molar-refractivity contribution in [1.82, 2.24) is 13.9 Å². The van der Waals surface area contributed by atoms with Gasteiger partial charge in [0.1, 0.15) is 5.75 Å². The van der Waals surface area contributed by atoms with E-state index in [1.54, 1.807) is 32.6 Å². The molecule has 7 nitrogen and oxygen atoms in total. The van der Waals surface area contributed by atoms with E-state index in [0.29, 0.717) is 11.6 Å². The molecule has 0 saturated heterocycles. The molecule has 2 aromatic carbocycles. The molecule has 0 aliphatic heterocycles. The molecule has 2 aliphatic rings. The minimum Gasteiger partial charge on any atom is -0.497 e. The molecule has 0 bridgehead atoms. The van der Waals surface area contributed by atoms with Crippen molar-refractivity contribution < 1.29 is 13.2 Å². The van der Waals surface area contributed by atoms with Gasteiger partial charge in [-0.15, -0.1) is 0 Å². The number of nitrogens with zero attached hydrogens (tertiary/aromatic N) is 3. The molecule has 1 saturated carbocycles. The molecule has 1 unspecified atom stereocenters. The van der Waals surface area contributed by atoms with Gasteiger partial charge in [-0.3, -0.25) is 0 Å². The SMILES string of the molecule is C=C1CC=C(C2CCC2)C=CC1Nc1ccc(S(=O)(=O)N(C)Cc2ccc(OC)cc2)cc1-c1cn(C)cn1. The second-order valence-electron chi connectivity index (χ2n) is 10.4. The van der Waals surface area contributed by atoms with Crippen LogP contribution < -0.4 is 10.1 Å². The number of allylic oxidation sites excluding steroid dienone is 3. The quantitative estimate of drug-likeness (QED) is 0.338. The van der Waals surface area contributed by atoms with E-state index >= 15 is 0 Å². The minimum absolute atomic E-state index is 0.0681. The molecule has 2 aliphatic carbocycles. The highest BCUT2D eigenvalue weighted by Crippen LogP contribution is 2.37. The first-order valence-electron chi connectivity index (χ1n) is 13.3. The molecule has 1 aromatic heterocycles. The van der Waals surface area contributed by atoms with Gasteiger partial charge in [-0.2, -0.15) is 4.31 Å². The van der Waals surface area contributed by atoms with E-state index in [-0.39, 0.29) is 17.5 Å². The summed E-state index contributed by atoms with van der Waals surface area (Å²) in [7, 11) is 1.34. The van der Waals surface area contributed by atoms with Gasteiger partial charge >= 0.3 is 0 Å². The lowest BCUT2D eigenvalue weighted by molar-refractivity contribution is 0.373. The summed E-state index contributed by atoms with van der Waals surface area (Å²) in [6, 6.07) is 12.5. The average molecular weight is 545 g/mol. The van der Waals surface area contributed by atoms with Crippen molar-refractivity contribution in [2.75, 3.05) is 19.5 Å². The smallest absolute Gasteiger partial charge is 0.243 e. The topological polar surface area (TPSA) is 76.5 Å². The third-order valence-electron chi connectivity index (χ3n) is 7.65. The highest BCUT2D eigenvalue weighted by atomic mass is 32.2. The lowest BCUT2D eigenvalue weighted by Crippen LogP contribution is -2.26. The molecule has 5 rings (SSSR count). The number of hydrogen-bond acceptors (Lipinski definition) is 5. The number of anilines is 1. The van der Waals surface area contributed by atoms with E-state index in [2.05, 4.69) is 35.1 Å². The van der Waals surface area contributed by atoms with Gasteiger partial charge in [0, 0.05) is 38.1 Å². The lowest BCUT2D eigenvalue weighted by Gasteiger charge is -2.26. The first-order valence-corrected chi connectivity index (χ1v) is 14.7. The predicted octanol–water partition coefficient (Wildman–Crippen LogP) is 5.94. The van der Waals surface area contributed by atoms with Crippen LogP contribution >= 0.6 is 0 Å². The van der Waals surface area contributed by atoms with Crippen molar-refractivity contribution in [3.63, 3.8) is 0 Å². The third kappa shape index (κ3) is 5.87. The van der Waals surface area contributed by atoms with E-state index < -0.39 is 10.0 Å². The standard InChI is InChI=1S/C31H36N4O3S/c1-22-8-11-25(24-6-5-7-24)12-16-29(22)33-30-17-15-27(18-28(30)31-20-34(2)21-32-31)39(36,37)35(3)19-23-9-13-26(38-4)14-10-23/h9-18,20-21,24,29,33H,1,5-8,19H2,2-4H3. The van der Waals surface area contributed by atoms with Crippen LogP contribution in [0.1, 0.15) is 31.2 Å². The Morgan fingerprint density at radius 3 is 2.59 bits per heavy atom. The molecule has 8 heteroatoms. The number of benzene rings is 2. The molecule has 1 N–H and O–H groups in total. The van der Waals surface area contributed by atoms with Crippen molar-refractivity contribution in [3.8, 4) is 17.0 Å². The number of ether oxygens (including phenoxy) is 1. The number of methoxy groups -OCH3 is 1. The van der Waals surface area contributed by atoms with E-state index in [9.17, 15) is 8.42 Å². The summed E-state index contributed by atoms with van der Waals surface area (Å²) < 4.78 is 35.6. The van der Waals surface area contributed by atoms with Gasteiger partial charge < -0.3 is 14.6 Å². The fourth-order valence-electron chi connectivity index (χ4n) is 4.98. The Hall–Kier alpha value is -3.62. The Kier molecular flexibility index (Phi) is 7.77. The Labute approximate surface area is 231 Å². The molecular formula is C31H36N4O3S. The normalized spacial score (nSPS) is 18.0. The van der Waals surface area contributed by atoms with Crippen molar-refractivity contribution in [3.05, 3.63) is 96.5 Å². The Bertz CT molecular complexity index is 1520. The second kappa shape index (κ2) is 11.2. The van der Waals surface area contributed by atoms with Gasteiger partial charge in [-0.05, 0) is 72.2 Å². The molecule has 1 heterocycles. The summed E-state index contributed by atoms with van der Waals surface area (Å²) in [4.78, 5) is 4.75. The van der Waals surface area contributed by atoms with Gasteiger partial charge in [0.2, 0.25) is 10.0 Å². The predicted molar refractivity (Wildman–Crippen MR) is 156 cm³/mol. The second-order valence-corrected chi connectivity index (χ2v) is 12.5. The number of hydrogen-bond donors (Lipinski definition) is 1. The summed E-state index contributed by atoms with van der Waals surface area (Å²) in [6.07, 6.45) is 15.0. The highest BCUT2D eigenvalue weighted by molar-refractivity contribution is 7.89. The van der Waals surface area contributed by atoms with E-state index in [1.165, 1.54) is 29.1 Å². The van der Waals surface area contributed by atoms with Crippen LogP contribution in [0.15, 0.2) is 95.8 Å². The zero-order chi connectivity index (χ0) is 27.6. The van der Waals surface area contributed by atoms with E-state index in [0.717, 1.165) is 34.6 Å². The number of sulfonamides is 1. The summed E-state index contributed by atoms with van der Waals surface area (Å²) in [5.41, 5.74) is 5.59. The number of aromatic nitrogens is 2. The highest BCUT2D eigenvalue weighted by Gasteiger charge is 2.25. The zero-order valence-corrected chi connectivity index (χ0v) is 23.6. The van der Waals surface area contributed by atoms with Crippen molar-refractivity contribution in [2.45, 2.75) is 43.2 Å². The molecule has 3 aromatic rings. The van der Waals surface area contributed by atoms with Crippen molar-refractivity contribution in [1.29, 1.82) is 0 Å². The van der Waals surface area contributed by atoms with Crippen LogP contribution in [0, 0.1) is 5.92 Å². The van der Waals surface area contributed by atoms with Crippen LogP contribution in [0.2, 0.25) is 0 Å². The molecule has 1 fully saturated rings. The number of nitrogens with one attached hydrogen (secondary N) is 1. The van der Waals surface area contributed by atoms with Crippen LogP contribution in [-0.2, 0) is 23.6 Å². The van der Waals surface area contributed by atoms with Gasteiger partial charge in [-0.25, -0.2) is 13.4 Å². The maximum absolute atomic E-state index is 13.6. The van der Waals surface area contributed by atoms with Crippen LogP contribution in [0.4, 0.5) is 5.69 Å². The fourth-order valence-corrected chi connectivity index (χ4v) is 6.16. The molecule has 204 valence electrons. The van der Waals surface area contributed by atoms with Crippen molar-refractivity contribution in [2.24, 2.45) is 13.0 Å². The van der Waals surface area contributed by atoms with Gasteiger partial charge in [0.25, 0.3) is 0 Å². The molecule has 0 radical (unpaired) electrons. The summed E-state index contributed by atoms with van der Waals surface area (Å²) in [5.74, 6) is 1.39. The Balaban J connectivity index is 1.42. The van der Waals surface area contributed by atoms with Crippen LogP contribution in [0.5, 0.6) is 5.75 Å². The van der Waals surface area contributed by atoms with Gasteiger partial charge in [-0.1, -0.05) is 43.4 Å². The van der Waals surface area contributed by atoms with Crippen LogP contribution in [0.3, 0.4) is 0 Å². The minimum atomic E-state index is -3.76. The largest absolute Gasteiger partial charge is 0.497 e. The van der Waals surface area contributed by atoms with Crippen molar-refractivity contribution >= 4 is 15.7 Å². The first-order chi connectivity index (χ1) is 18.7. The first kappa shape index (κ1) is 27.0. The van der Waals surface area contributed by atoms with Gasteiger partial charge in [0.05, 0.1) is 30.1 Å². The van der Waals surface area contributed by atoms with E-state index in [4.69, 9.17) is 4.74 Å². The summed E-state index contributed by atoms with van der Waals surface area (Å²) >= 11 is 0. The fraction of sp³-hybridized carbons (Fsp3) is 0.323. The molecule has 0 amide bonds. The summed E-state index contributed by atoms with van der Waals surface area (Å²) in [6.45, 7) is 4.58. The Morgan fingerprint density at radius 2 is 1.95 bits per heavy atom. The molecule has 1 atom stereocenters.